The fourth-order valence-electron chi connectivity index (χ4n) is 3.39. The van der Waals surface area contributed by atoms with E-state index >= 15 is 0 Å². The van der Waals surface area contributed by atoms with Crippen molar-refractivity contribution in [1.29, 1.82) is 0 Å². The highest BCUT2D eigenvalue weighted by atomic mass is 16.6. The van der Waals surface area contributed by atoms with Gasteiger partial charge in [0.25, 0.3) is 0 Å². The number of hydrogen-bond donors (Lipinski definition) is 0. The minimum atomic E-state index is -0.303. The maximum Gasteiger partial charge on any atom is 0.198 e. The number of carbonyl (C=O) groups excluding carboxylic acids is 1. The molecule has 1 aromatic rings. The van der Waals surface area contributed by atoms with E-state index in [0.29, 0.717) is 12.0 Å². The average Bonchev–Trinajstić information content (AvgIpc) is 3.15. The molecule has 4 heteroatoms. The smallest absolute Gasteiger partial charge is 0.198 e. The number of carbonyl (C=O) groups is 1. The molecule has 2 fully saturated rings. The van der Waals surface area contributed by atoms with E-state index in [9.17, 15) is 4.79 Å². The van der Waals surface area contributed by atoms with Gasteiger partial charge in [-0.2, -0.15) is 0 Å². The Morgan fingerprint density at radius 3 is 2.84 bits per heavy atom. The molecule has 0 radical (unpaired) electrons. The van der Waals surface area contributed by atoms with E-state index in [-0.39, 0.29) is 29.2 Å². The van der Waals surface area contributed by atoms with Crippen molar-refractivity contribution in [2.24, 2.45) is 0 Å². The van der Waals surface area contributed by atoms with Gasteiger partial charge in [-0.05, 0) is 39.2 Å². The predicted octanol–water partition coefficient (Wildman–Crippen LogP) is 2.42. The van der Waals surface area contributed by atoms with Crippen molar-refractivity contribution in [2.45, 2.75) is 63.4 Å². The molecule has 0 aromatic carbocycles. The van der Waals surface area contributed by atoms with Gasteiger partial charge >= 0.3 is 0 Å². The maximum absolute atomic E-state index is 12.6. The lowest BCUT2D eigenvalue weighted by molar-refractivity contribution is 0.0950. The molecule has 4 atom stereocenters. The number of ether oxygens (including phenoxy) is 2. The number of epoxide rings is 2. The summed E-state index contributed by atoms with van der Waals surface area (Å²) < 4.78 is 17.1. The maximum atomic E-state index is 12.6. The second-order valence-corrected chi connectivity index (χ2v) is 6.53. The summed E-state index contributed by atoms with van der Waals surface area (Å²) in [4.78, 5) is 12.6. The number of furan rings is 1. The van der Waals surface area contributed by atoms with Gasteiger partial charge in [-0.15, -0.1) is 0 Å². The summed E-state index contributed by atoms with van der Waals surface area (Å²) >= 11 is 0. The molecule has 1 aromatic heterocycles. The number of hydrogen-bond acceptors (Lipinski definition) is 4. The Bertz CT molecular complexity index is 575. The Morgan fingerprint density at radius 2 is 2.05 bits per heavy atom. The van der Waals surface area contributed by atoms with Gasteiger partial charge in [0.2, 0.25) is 0 Å². The minimum absolute atomic E-state index is 0.0754. The fraction of sp³-hybridized carbons (Fsp3) is 0.667. The summed E-state index contributed by atoms with van der Waals surface area (Å²) in [7, 11) is 0. The molecule has 0 amide bonds. The highest BCUT2D eigenvalue weighted by molar-refractivity contribution is 6.04. The van der Waals surface area contributed by atoms with Crippen molar-refractivity contribution < 1.29 is 18.7 Å². The summed E-state index contributed by atoms with van der Waals surface area (Å²) in [6, 6.07) is 0. The second kappa shape index (κ2) is 3.30. The summed E-state index contributed by atoms with van der Waals surface area (Å²) in [5.41, 5.74) is 1.14. The number of fused-ring (bicyclic) bond motifs is 3. The first-order valence-corrected chi connectivity index (χ1v) is 6.90. The van der Waals surface area contributed by atoms with Crippen molar-refractivity contribution in [3.63, 3.8) is 0 Å². The van der Waals surface area contributed by atoms with Crippen LogP contribution in [0.1, 0.15) is 48.4 Å². The molecule has 4 rings (SSSR count). The van der Waals surface area contributed by atoms with Crippen LogP contribution in [-0.4, -0.2) is 29.2 Å². The molecule has 0 bridgehead atoms. The van der Waals surface area contributed by atoms with Crippen LogP contribution in [0.15, 0.2) is 10.7 Å². The lowest BCUT2D eigenvalue weighted by Crippen LogP contribution is -2.24. The van der Waals surface area contributed by atoms with E-state index in [1.807, 2.05) is 13.8 Å². The second-order valence-electron chi connectivity index (χ2n) is 6.53. The first-order chi connectivity index (χ1) is 8.93. The molecule has 102 valence electrons. The third-order valence-electron chi connectivity index (χ3n) is 4.87. The van der Waals surface area contributed by atoms with Gasteiger partial charge in [-0.25, -0.2) is 0 Å². The summed E-state index contributed by atoms with van der Waals surface area (Å²) in [6.45, 7) is 6.03. The number of Topliss-reactive ketones (excluding diaryl/α,β-unsaturated/α-hetero) is 1. The van der Waals surface area contributed by atoms with Gasteiger partial charge in [-0.3, -0.25) is 4.79 Å². The molecule has 1 unspecified atom stereocenters. The normalized spacial score (nSPS) is 44.1. The monoisotopic (exact) mass is 262 g/mol. The molecule has 3 aliphatic rings. The van der Waals surface area contributed by atoms with E-state index in [1.165, 1.54) is 0 Å². The third kappa shape index (κ3) is 1.56. The largest absolute Gasteiger partial charge is 0.468 e. The first-order valence-electron chi connectivity index (χ1n) is 6.90. The van der Waals surface area contributed by atoms with Gasteiger partial charge in [0.15, 0.2) is 5.78 Å². The van der Waals surface area contributed by atoms with E-state index < -0.39 is 0 Å². The summed E-state index contributed by atoms with van der Waals surface area (Å²) in [5.74, 6) is 0.832. The highest BCUT2D eigenvalue weighted by Gasteiger charge is 2.61. The van der Waals surface area contributed by atoms with Crippen molar-refractivity contribution in [3.05, 3.63) is 23.2 Å². The predicted molar refractivity (Wildman–Crippen MR) is 67.3 cm³/mol. The van der Waals surface area contributed by atoms with Crippen molar-refractivity contribution >= 4 is 5.78 Å². The first kappa shape index (κ1) is 11.7. The van der Waals surface area contributed by atoms with Gasteiger partial charge < -0.3 is 13.9 Å². The molecule has 19 heavy (non-hydrogen) atoms. The van der Waals surface area contributed by atoms with E-state index in [2.05, 4.69) is 6.92 Å². The molecule has 0 saturated carbocycles. The molecular formula is C15H18O4. The van der Waals surface area contributed by atoms with Crippen LogP contribution in [-0.2, 0) is 15.9 Å². The van der Waals surface area contributed by atoms with Crippen LogP contribution in [0.4, 0.5) is 0 Å². The molecule has 4 nitrogen and oxygen atoms in total. The molecule has 0 spiro atoms. The van der Waals surface area contributed by atoms with Crippen molar-refractivity contribution in [2.75, 3.05) is 0 Å². The average molecular weight is 262 g/mol. The van der Waals surface area contributed by atoms with Crippen LogP contribution >= 0.6 is 0 Å². The zero-order chi connectivity index (χ0) is 13.4. The standard InChI is InChI=1S/C15H18O4/c1-8-7-17-9-6-15(3)10(18-15)4-5-14(2)13(19-14)12(16)11(8)9/h7,10,13H,4-6H2,1-3H3/t10-,13?,14-,15-/m0/s1. The van der Waals surface area contributed by atoms with E-state index in [0.717, 1.165) is 24.2 Å². The molecule has 2 aliphatic heterocycles. The van der Waals surface area contributed by atoms with E-state index in [4.69, 9.17) is 13.9 Å². The summed E-state index contributed by atoms with van der Waals surface area (Å²) in [5, 5.41) is 0. The van der Waals surface area contributed by atoms with Crippen LogP contribution in [0, 0.1) is 6.92 Å². The topological polar surface area (TPSA) is 55.3 Å². The van der Waals surface area contributed by atoms with Gasteiger partial charge in [0.05, 0.1) is 23.5 Å². The Morgan fingerprint density at radius 1 is 1.26 bits per heavy atom. The molecule has 2 saturated heterocycles. The summed E-state index contributed by atoms with van der Waals surface area (Å²) in [6.07, 6.45) is 4.14. The molecule has 1 aliphatic carbocycles. The lowest BCUT2D eigenvalue weighted by Gasteiger charge is -2.10. The van der Waals surface area contributed by atoms with Crippen LogP contribution in [0.3, 0.4) is 0 Å². The SMILES string of the molecule is Cc1coc2c1C(=O)C1O[C@@]1(C)CC[C@@H]1O[C@@]1(C)C2. The highest BCUT2D eigenvalue weighted by Crippen LogP contribution is 2.50. The Balaban J connectivity index is 1.78. The molecule has 3 heterocycles. The van der Waals surface area contributed by atoms with Gasteiger partial charge in [0.1, 0.15) is 17.5 Å². The molecule has 0 N–H and O–H groups in total. The zero-order valence-corrected chi connectivity index (χ0v) is 11.5. The van der Waals surface area contributed by atoms with Gasteiger partial charge in [0, 0.05) is 6.42 Å². The Hall–Kier alpha value is -1.13. The third-order valence-corrected chi connectivity index (χ3v) is 4.87. The van der Waals surface area contributed by atoms with Crippen molar-refractivity contribution in [3.8, 4) is 0 Å². The van der Waals surface area contributed by atoms with Crippen LogP contribution in [0.25, 0.3) is 0 Å². The van der Waals surface area contributed by atoms with Crippen molar-refractivity contribution in [1.82, 2.24) is 0 Å². The fourth-order valence-corrected chi connectivity index (χ4v) is 3.39. The molecular weight excluding hydrogens is 244 g/mol. The van der Waals surface area contributed by atoms with Crippen LogP contribution in [0.2, 0.25) is 0 Å². The Labute approximate surface area is 112 Å². The van der Waals surface area contributed by atoms with Crippen LogP contribution < -0.4 is 0 Å². The van der Waals surface area contributed by atoms with Crippen LogP contribution in [0.5, 0.6) is 0 Å². The number of rotatable bonds is 0. The van der Waals surface area contributed by atoms with E-state index in [1.54, 1.807) is 6.26 Å². The lowest BCUT2D eigenvalue weighted by atomic mass is 9.87. The quantitative estimate of drug-likeness (QED) is 0.674. The zero-order valence-electron chi connectivity index (χ0n) is 11.5. The number of ketones is 1. The number of aryl methyl sites for hydroxylation is 1. The minimum Gasteiger partial charge on any atom is -0.468 e. The van der Waals surface area contributed by atoms with Gasteiger partial charge in [-0.1, -0.05) is 0 Å². The Kier molecular flexibility index (Phi) is 2.03.